The summed E-state index contributed by atoms with van der Waals surface area (Å²) in [5, 5.41) is 2.88. The smallest absolute Gasteiger partial charge is 0.328 e. The van der Waals surface area contributed by atoms with Crippen molar-refractivity contribution in [2.24, 2.45) is 5.92 Å². The van der Waals surface area contributed by atoms with E-state index in [4.69, 9.17) is 9.47 Å². The van der Waals surface area contributed by atoms with Gasteiger partial charge in [0.1, 0.15) is 44.5 Å². The monoisotopic (exact) mass is 407 g/mol. The lowest BCUT2D eigenvalue weighted by atomic mass is 9.99. The molecule has 7 nitrogen and oxygen atoms in total. The number of ether oxygens (including phenoxy) is 2. The lowest BCUT2D eigenvalue weighted by Crippen LogP contribution is -3.28. The fourth-order valence-corrected chi connectivity index (χ4v) is 3.87. The Labute approximate surface area is 174 Å². The third-order valence-electron chi connectivity index (χ3n) is 5.94. The van der Waals surface area contributed by atoms with Gasteiger partial charge in [-0.3, -0.25) is 4.79 Å². The summed E-state index contributed by atoms with van der Waals surface area (Å²) in [7, 11) is 3.07. The molecule has 3 N–H and O–H groups in total. The van der Waals surface area contributed by atoms with Gasteiger partial charge in [-0.1, -0.05) is 31.9 Å². The van der Waals surface area contributed by atoms with Crippen LogP contribution >= 0.6 is 0 Å². The number of piperazine rings is 1. The number of nitrogens with one attached hydrogen (secondary N) is 3. The van der Waals surface area contributed by atoms with E-state index in [9.17, 15) is 9.59 Å². The van der Waals surface area contributed by atoms with Crippen LogP contribution in [-0.2, 0) is 20.9 Å². The number of rotatable bonds is 9. The van der Waals surface area contributed by atoms with Crippen LogP contribution in [0.15, 0.2) is 18.2 Å². The highest BCUT2D eigenvalue weighted by Gasteiger charge is 2.30. The minimum absolute atomic E-state index is 0.0481. The number of quaternary nitrogens is 2. The number of hydrogen-bond donors (Lipinski definition) is 3. The van der Waals surface area contributed by atoms with E-state index in [1.165, 1.54) is 28.0 Å². The van der Waals surface area contributed by atoms with Crippen molar-refractivity contribution in [1.82, 2.24) is 5.32 Å². The molecule has 2 atom stereocenters. The molecule has 2 rings (SSSR count). The maximum atomic E-state index is 12.5. The molecule has 1 aromatic rings. The Hall–Kier alpha value is -2.12. The van der Waals surface area contributed by atoms with Crippen LogP contribution in [-0.4, -0.2) is 64.9 Å². The molecule has 0 radical (unpaired) electrons. The summed E-state index contributed by atoms with van der Waals surface area (Å²) in [5.74, 6) is 0.534. The van der Waals surface area contributed by atoms with Crippen molar-refractivity contribution >= 4 is 11.9 Å². The first-order valence-electron chi connectivity index (χ1n) is 10.6. The van der Waals surface area contributed by atoms with Gasteiger partial charge in [-0.25, -0.2) is 4.79 Å². The van der Waals surface area contributed by atoms with Gasteiger partial charge < -0.3 is 24.6 Å². The molecule has 1 amide bonds. The van der Waals surface area contributed by atoms with Crippen molar-refractivity contribution in [2.75, 3.05) is 46.9 Å². The topological polar surface area (TPSA) is 73.5 Å². The molecular weight excluding hydrogens is 370 g/mol. The van der Waals surface area contributed by atoms with Crippen molar-refractivity contribution in [3.8, 4) is 5.75 Å². The highest BCUT2D eigenvalue weighted by atomic mass is 16.5. The fraction of sp³-hybridized carbons (Fsp3) is 0.636. The number of methoxy groups -OCH3 is 2. The third-order valence-corrected chi connectivity index (χ3v) is 5.94. The van der Waals surface area contributed by atoms with E-state index in [1.54, 1.807) is 7.11 Å². The van der Waals surface area contributed by atoms with Gasteiger partial charge in [0.05, 0.1) is 14.2 Å². The standard InChI is InChI=1S/C22H35N3O4/c1-6-17(3)21(22(27)29-5)23-20(26)15-25-11-9-24(10-12-25)14-18-13-16(2)7-8-19(18)28-4/h7-8,13,17,21H,6,9-12,14-15H2,1-5H3,(H,23,26)/p+2/t17-,21-/m0/s1. The first-order chi connectivity index (χ1) is 13.9. The van der Waals surface area contributed by atoms with E-state index in [0.717, 1.165) is 44.9 Å². The highest BCUT2D eigenvalue weighted by Crippen LogP contribution is 2.18. The van der Waals surface area contributed by atoms with Crippen LogP contribution in [0.4, 0.5) is 0 Å². The molecule has 0 aliphatic carbocycles. The van der Waals surface area contributed by atoms with Crippen LogP contribution in [0.25, 0.3) is 0 Å². The lowest BCUT2D eigenvalue weighted by Gasteiger charge is -2.30. The Morgan fingerprint density at radius 2 is 1.79 bits per heavy atom. The predicted octanol–water partition coefficient (Wildman–Crippen LogP) is -1.01. The fourth-order valence-electron chi connectivity index (χ4n) is 3.87. The molecule has 1 aliphatic heterocycles. The summed E-state index contributed by atoms with van der Waals surface area (Å²) < 4.78 is 10.4. The van der Waals surface area contributed by atoms with Gasteiger partial charge in [0.15, 0.2) is 6.54 Å². The van der Waals surface area contributed by atoms with E-state index in [0.29, 0.717) is 6.54 Å². The number of amides is 1. The van der Waals surface area contributed by atoms with Crippen molar-refractivity contribution in [3.05, 3.63) is 29.3 Å². The molecule has 0 saturated carbocycles. The maximum Gasteiger partial charge on any atom is 0.328 e. The average molecular weight is 408 g/mol. The molecule has 162 valence electrons. The summed E-state index contributed by atoms with van der Waals surface area (Å²) in [5.41, 5.74) is 2.47. The normalized spacial score (nSPS) is 21.1. The third kappa shape index (κ3) is 6.72. The van der Waals surface area contributed by atoms with Gasteiger partial charge in [0.2, 0.25) is 0 Å². The average Bonchev–Trinajstić information content (AvgIpc) is 2.72. The van der Waals surface area contributed by atoms with Crippen molar-refractivity contribution < 1.29 is 28.9 Å². The van der Waals surface area contributed by atoms with Gasteiger partial charge in [0.25, 0.3) is 5.91 Å². The minimum Gasteiger partial charge on any atom is -0.496 e. The van der Waals surface area contributed by atoms with Crippen LogP contribution < -0.4 is 19.9 Å². The molecule has 1 heterocycles. The highest BCUT2D eigenvalue weighted by molar-refractivity contribution is 5.85. The number of esters is 1. The number of aryl methyl sites for hydroxylation is 1. The summed E-state index contributed by atoms with van der Waals surface area (Å²) in [6, 6.07) is 5.72. The van der Waals surface area contributed by atoms with Crippen molar-refractivity contribution in [3.63, 3.8) is 0 Å². The maximum absolute atomic E-state index is 12.5. The molecule has 29 heavy (non-hydrogen) atoms. The quantitative estimate of drug-likeness (QED) is 0.459. The first-order valence-corrected chi connectivity index (χ1v) is 10.6. The lowest BCUT2D eigenvalue weighted by molar-refractivity contribution is -1.02. The van der Waals surface area contributed by atoms with Crippen LogP contribution in [0, 0.1) is 12.8 Å². The Bertz CT molecular complexity index is 687. The van der Waals surface area contributed by atoms with E-state index in [2.05, 4.69) is 24.4 Å². The number of hydrogen-bond acceptors (Lipinski definition) is 4. The molecular formula is C22H37N3O4+2. The van der Waals surface area contributed by atoms with Gasteiger partial charge in [-0.2, -0.15) is 0 Å². The molecule has 1 aliphatic rings. The predicted molar refractivity (Wildman–Crippen MR) is 111 cm³/mol. The van der Waals surface area contributed by atoms with E-state index >= 15 is 0 Å². The molecule has 0 unspecified atom stereocenters. The van der Waals surface area contributed by atoms with E-state index < -0.39 is 6.04 Å². The molecule has 1 fully saturated rings. The Balaban J connectivity index is 1.84. The van der Waals surface area contributed by atoms with Crippen molar-refractivity contribution in [1.29, 1.82) is 0 Å². The van der Waals surface area contributed by atoms with E-state index in [-0.39, 0.29) is 17.8 Å². The largest absolute Gasteiger partial charge is 0.496 e. The molecule has 1 saturated heterocycles. The second kappa shape index (κ2) is 11.2. The molecule has 1 aromatic carbocycles. The molecule has 0 bridgehead atoms. The van der Waals surface area contributed by atoms with Crippen LogP contribution in [0.2, 0.25) is 0 Å². The first kappa shape index (κ1) is 23.2. The number of carbonyl (C=O) groups excluding carboxylic acids is 2. The summed E-state index contributed by atoms with van der Waals surface area (Å²) >= 11 is 0. The second-order valence-electron chi connectivity index (χ2n) is 8.12. The summed E-state index contributed by atoms with van der Waals surface area (Å²) in [6.45, 7) is 11.3. The van der Waals surface area contributed by atoms with Gasteiger partial charge >= 0.3 is 5.97 Å². The SMILES string of the molecule is CC[C@H](C)[C@H](NC(=O)C[NH+]1CC[NH+](Cc2cc(C)ccc2OC)CC1)C(=O)OC. The van der Waals surface area contributed by atoms with Gasteiger partial charge in [-0.15, -0.1) is 0 Å². The number of carbonyl (C=O) groups is 2. The second-order valence-corrected chi connectivity index (χ2v) is 8.12. The zero-order valence-corrected chi connectivity index (χ0v) is 18.5. The molecule has 0 aromatic heterocycles. The molecule has 7 heteroatoms. The zero-order valence-electron chi connectivity index (χ0n) is 18.5. The van der Waals surface area contributed by atoms with Gasteiger partial charge in [0, 0.05) is 5.56 Å². The zero-order chi connectivity index (χ0) is 21.4. The van der Waals surface area contributed by atoms with Crippen LogP contribution in [0.1, 0.15) is 31.4 Å². The summed E-state index contributed by atoms with van der Waals surface area (Å²) in [6.07, 6.45) is 0.803. The van der Waals surface area contributed by atoms with Crippen LogP contribution in [0.5, 0.6) is 5.75 Å². The Morgan fingerprint density at radius 3 is 2.38 bits per heavy atom. The Morgan fingerprint density at radius 1 is 1.14 bits per heavy atom. The number of benzene rings is 1. The van der Waals surface area contributed by atoms with Gasteiger partial charge in [-0.05, 0) is 25.0 Å². The molecule has 0 spiro atoms. The summed E-state index contributed by atoms with van der Waals surface area (Å²) in [4.78, 5) is 27.2. The van der Waals surface area contributed by atoms with Crippen LogP contribution in [0.3, 0.4) is 0 Å². The minimum atomic E-state index is -0.572. The Kier molecular flexibility index (Phi) is 8.92. The van der Waals surface area contributed by atoms with E-state index in [1.807, 2.05) is 19.9 Å². The van der Waals surface area contributed by atoms with Crippen molar-refractivity contribution in [2.45, 2.75) is 39.8 Å².